The van der Waals surface area contributed by atoms with Crippen LogP contribution in [-0.2, 0) is 12.8 Å². The molecule has 1 aliphatic carbocycles. The molecule has 0 fully saturated rings. The number of fused-ring (bicyclic) bond motifs is 4. The molecule has 0 saturated carbocycles. The van der Waals surface area contributed by atoms with E-state index >= 15 is 0 Å². The lowest BCUT2D eigenvalue weighted by Gasteiger charge is -2.24. The van der Waals surface area contributed by atoms with Gasteiger partial charge in [-0.2, -0.15) is 0 Å². The maximum atomic E-state index is 13.9. The molecule has 4 aromatic heterocycles. The van der Waals surface area contributed by atoms with Crippen LogP contribution in [0.2, 0.25) is 0 Å². The zero-order chi connectivity index (χ0) is 22.5. The van der Waals surface area contributed by atoms with E-state index < -0.39 is 5.82 Å². The third-order valence-corrected chi connectivity index (χ3v) is 6.38. The summed E-state index contributed by atoms with van der Waals surface area (Å²) in [6.07, 6.45) is 7.40. The molecule has 5 aromatic rings. The summed E-state index contributed by atoms with van der Waals surface area (Å²) >= 11 is 0. The van der Waals surface area contributed by atoms with Gasteiger partial charge >= 0.3 is 0 Å². The van der Waals surface area contributed by atoms with Gasteiger partial charge < -0.3 is 14.9 Å². The summed E-state index contributed by atoms with van der Waals surface area (Å²) in [7, 11) is 0. The smallest absolute Gasteiger partial charge is 0.166 e. The van der Waals surface area contributed by atoms with Crippen molar-refractivity contribution in [1.82, 2.24) is 29.5 Å². The molecule has 1 atom stereocenters. The Kier molecular flexibility index (Phi) is 4.60. The van der Waals surface area contributed by atoms with Crippen molar-refractivity contribution in [2.24, 2.45) is 0 Å². The van der Waals surface area contributed by atoms with Gasteiger partial charge in [0.15, 0.2) is 17.3 Å². The number of pyridine rings is 1. The van der Waals surface area contributed by atoms with E-state index in [0.717, 1.165) is 30.4 Å². The number of nitrogens with zero attached hydrogens (tertiary/aromatic N) is 5. The molecule has 0 spiro atoms. The second kappa shape index (κ2) is 7.65. The van der Waals surface area contributed by atoms with E-state index in [1.165, 1.54) is 34.4 Å². The van der Waals surface area contributed by atoms with Crippen LogP contribution in [0.1, 0.15) is 37.6 Å². The minimum absolute atomic E-state index is 0.180. The van der Waals surface area contributed by atoms with Gasteiger partial charge in [-0.25, -0.2) is 19.3 Å². The van der Waals surface area contributed by atoms with Crippen molar-refractivity contribution in [2.45, 2.75) is 45.2 Å². The number of hydrogen-bond donors (Lipinski definition) is 2. The van der Waals surface area contributed by atoms with E-state index in [2.05, 4.69) is 58.4 Å². The first-order valence-corrected chi connectivity index (χ1v) is 11.3. The Labute approximate surface area is 190 Å². The molecule has 0 saturated heterocycles. The first kappa shape index (κ1) is 19.8. The van der Waals surface area contributed by atoms with Gasteiger partial charge in [-0.3, -0.25) is 4.98 Å². The molecule has 0 aliphatic heterocycles. The molecule has 1 aromatic carbocycles. The fraction of sp³-hybridized carbons (Fsp3) is 0.280. The van der Waals surface area contributed by atoms with Crippen molar-refractivity contribution in [3.8, 4) is 11.4 Å². The average Bonchev–Trinajstić information content (AvgIpc) is 3.41. The fourth-order valence-electron chi connectivity index (χ4n) is 4.74. The zero-order valence-electron chi connectivity index (χ0n) is 18.5. The SMILES string of the molecule is CC(C)n1cnc2c(N[C@@H]3CCc4[nH]c5ccccc5c4C3)nc(-c3cncc(F)c3)nc21. The van der Waals surface area contributed by atoms with Gasteiger partial charge in [0.05, 0.1) is 12.5 Å². The number of H-pyrrole nitrogens is 1. The number of nitrogens with one attached hydrogen (secondary N) is 2. The monoisotopic (exact) mass is 441 g/mol. The number of aromatic nitrogens is 6. The number of benzene rings is 1. The van der Waals surface area contributed by atoms with E-state index in [1.54, 1.807) is 12.5 Å². The van der Waals surface area contributed by atoms with Crippen molar-refractivity contribution >= 4 is 27.9 Å². The van der Waals surface area contributed by atoms with Crippen LogP contribution in [0.5, 0.6) is 0 Å². The standard InChI is InChI=1S/C25H24FN7/c1-14(2)33-13-28-22-24(31-23(32-25(22)33)15-9-16(26)12-27-11-15)29-17-7-8-21-19(10-17)18-5-3-4-6-20(18)30-21/h3-6,9,11-14,17,30H,7-8,10H2,1-2H3,(H,29,31,32)/t17-/m1/s1. The molecular formula is C25H24FN7. The molecule has 2 N–H and O–H groups in total. The topological polar surface area (TPSA) is 84.3 Å². The number of anilines is 1. The van der Waals surface area contributed by atoms with Crippen LogP contribution in [0.15, 0.2) is 49.1 Å². The van der Waals surface area contributed by atoms with Gasteiger partial charge in [-0.1, -0.05) is 18.2 Å². The lowest BCUT2D eigenvalue weighted by atomic mass is 9.91. The number of aromatic amines is 1. The van der Waals surface area contributed by atoms with Crippen LogP contribution in [0.4, 0.5) is 10.2 Å². The van der Waals surface area contributed by atoms with Crippen molar-refractivity contribution in [3.05, 3.63) is 66.1 Å². The highest BCUT2D eigenvalue weighted by Crippen LogP contribution is 2.32. The number of imidazole rings is 1. The first-order valence-electron chi connectivity index (χ1n) is 11.3. The third kappa shape index (κ3) is 3.42. The number of rotatable bonds is 4. The minimum Gasteiger partial charge on any atom is -0.365 e. The van der Waals surface area contributed by atoms with E-state index in [1.807, 2.05) is 4.57 Å². The molecule has 0 bridgehead atoms. The van der Waals surface area contributed by atoms with Crippen molar-refractivity contribution in [2.75, 3.05) is 5.32 Å². The summed E-state index contributed by atoms with van der Waals surface area (Å²) in [6.45, 7) is 4.17. The highest BCUT2D eigenvalue weighted by atomic mass is 19.1. The van der Waals surface area contributed by atoms with Crippen LogP contribution >= 0.6 is 0 Å². The van der Waals surface area contributed by atoms with Crippen LogP contribution in [-0.4, -0.2) is 35.5 Å². The first-order chi connectivity index (χ1) is 16.1. The molecule has 0 unspecified atom stereocenters. The van der Waals surface area contributed by atoms with E-state index in [-0.39, 0.29) is 12.1 Å². The Hall–Kier alpha value is -3.81. The van der Waals surface area contributed by atoms with E-state index in [4.69, 9.17) is 9.97 Å². The normalized spacial score (nSPS) is 15.9. The number of para-hydroxylation sites is 1. The highest BCUT2D eigenvalue weighted by Gasteiger charge is 2.24. The molecule has 6 rings (SSSR count). The van der Waals surface area contributed by atoms with Gasteiger partial charge in [-0.05, 0) is 50.8 Å². The molecule has 33 heavy (non-hydrogen) atoms. The van der Waals surface area contributed by atoms with Gasteiger partial charge in [0.2, 0.25) is 0 Å². The highest BCUT2D eigenvalue weighted by molar-refractivity contribution is 5.86. The Morgan fingerprint density at radius 1 is 1.18 bits per heavy atom. The molecule has 8 heteroatoms. The summed E-state index contributed by atoms with van der Waals surface area (Å²) in [6, 6.07) is 10.2. The number of halogens is 1. The molecule has 4 heterocycles. The molecule has 0 radical (unpaired) electrons. The summed E-state index contributed by atoms with van der Waals surface area (Å²) in [5, 5.41) is 4.92. The second-order valence-electron chi connectivity index (χ2n) is 8.92. The molecule has 0 amide bonds. The van der Waals surface area contributed by atoms with Crippen molar-refractivity contribution < 1.29 is 4.39 Å². The van der Waals surface area contributed by atoms with Gasteiger partial charge in [-0.15, -0.1) is 0 Å². The molecule has 7 nitrogen and oxygen atoms in total. The quantitative estimate of drug-likeness (QED) is 0.407. The Balaban J connectivity index is 1.41. The lowest BCUT2D eigenvalue weighted by molar-refractivity contribution is 0.605. The van der Waals surface area contributed by atoms with Crippen LogP contribution in [0.25, 0.3) is 33.5 Å². The molecular weight excluding hydrogens is 417 g/mol. The maximum Gasteiger partial charge on any atom is 0.166 e. The Morgan fingerprint density at radius 2 is 2.06 bits per heavy atom. The molecule has 1 aliphatic rings. The maximum absolute atomic E-state index is 13.9. The summed E-state index contributed by atoms with van der Waals surface area (Å²) in [4.78, 5) is 21.7. The summed E-state index contributed by atoms with van der Waals surface area (Å²) in [5.74, 6) is 0.692. The van der Waals surface area contributed by atoms with Crippen LogP contribution in [0.3, 0.4) is 0 Å². The van der Waals surface area contributed by atoms with Crippen molar-refractivity contribution in [3.63, 3.8) is 0 Å². The summed E-state index contributed by atoms with van der Waals surface area (Å²) < 4.78 is 15.9. The number of hydrogen-bond acceptors (Lipinski definition) is 5. The van der Waals surface area contributed by atoms with E-state index in [0.29, 0.717) is 17.2 Å². The predicted octanol–water partition coefficient (Wildman–Crippen LogP) is 5.06. The predicted molar refractivity (Wildman–Crippen MR) is 127 cm³/mol. The largest absolute Gasteiger partial charge is 0.365 e. The van der Waals surface area contributed by atoms with Gasteiger partial charge in [0.1, 0.15) is 11.3 Å². The molecule has 166 valence electrons. The average molecular weight is 442 g/mol. The van der Waals surface area contributed by atoms with Gasteiger partial charge in [0.25, 0.3) is 0 Å². The van der Waals surface area contributed by atoms with Crippen molar-refractivity contribution in [1.29, 1.82) is 0 Å². The second-order valence-corrected chi connectivity index (χ2v) is 8.92. The number of aryl methyl sites for hydroxylation is 1. The van der Waals surface area contributed by atoms with E-state index in [9.17, 15) is 4.39 Å². The van der Waals surface area contributed by atoms with Gasteiger partial charge in [0, 0.05) is 40.4 Å². The van der Waals surface area contributed by atoms with Crippen LogP contribution in [0, 0.1) is 5.82 Å². The Bertz CT molecular complexity index is 1480. The fourth-order valence-corrected chi connectivity index (χ4v) is 4.74. The third-order valence-electron chi connectivity index (χ3n) is 6.38. The minimum atomic E-state index is -0.415. The van der Waals surface area contributed by atoms with Crippen LogP contribution < -0.4 is 5.32 Å². The summed E-state index contributed by atoms with van der Waals surface area (Å²) in [5.41, 5.74) is 5.86. The zero-order valence-corrected chi connectivity index (χ0v) is 18.5. The Morgan fingerprint density at radius 3 is 2.91 bits per heavy atom. The lowest BCUT2D eigenvalue weighted by Crippen LogP contribution is -2.27.